The van der Waals surface area contributed by atoms with Crippen LogP contribution in [0.4, 0.5) is 5.69 Å². The van der Waals surface area contributed by atoms with E-state index in [1.807, 2.05) is 31.2 Å². The van der Waals surface area contributed by atoms with Crippen molar-refractivity contribution in [1.82, 2.24) is 0 Å². The summed E-state index contributed by atoms with van der Waals surface area (Å²) < 4.78 is 10.5. The lowest BCUT2D eigenvalue weighted by Gasteiger charge is -2.32. The third-order valence-corrected chi connectivity index (χ3v) is 3.84. The number of hydrogen-bond donors (Lipinski definition) is 1. The molecule has 1 atom stereocenters. The standard InChI is InChI=1S/C17H23NO3/c1-4-12-17(13-6-7-13,16(19)21-5-2)18-14-8-10-15(20-3)11-9-14/h4,8-11,13,18H,1,5-7,12H2,2-3H3. The minimum atomic E-state index is -0.702. The third-order valence-electron chi connectivity index (χ3n) is 3.84. The summed E-state index contributed by atoms with van der Waals surface area (Å²) in [5.74, 6) is 0.900. The van der Waals surface area contributed by atoms with Gasteiger partial charge in [-0.15, -0.1) is 6.58 Å². The smallest absolute Gasteiger partial charge is 0.332 e. The molecule has 0 amide bonds. The van der Waals surface area contributed by atoms with Crippen molar-refractivity contribution < 1.29 is 14.3 Å². The second-order valence-electron chi connectivity index (χ2n) is 5.31. The quantitative estimate of drug-likeness (QED) is 0.588. The van der Waals surface area contributed by atoms with Crippen LogP contribution in [0.2, 0.25) is 0 Å². The third kappa shape index (κ3) is 3.38. The summed E-state index contributed by atoms with van der Waals surface area (Å²) in [7, 11) is 1.63. The van der Waals surface area contributed by atoms with E-state index < -0.39 is 5.54 Å². The van der Waals surface area contributed by atoms with E-state index in [-0.39, 0.29) is 5.97 Å². The van der Waals surface area contributed by atoms with Gasteiger partial charge >= 0.3 is 5.97 Å². The highest BCUT2D eigenvalue weighted by molar-refractivity contribution is 5.86. The van der Waals surface area contributed by atoms with Gasteiger partial charge < -0.3 is 14.8 Å². The Kier molecular flexibility index (Phi) is 4.89. The van der Waals surface area contributed by atoms with Crippen LogP contribution in [0.5, 0.6) is 5.75 Å². The van der Waals surface area contributed by atoms with Gasteiger partial charge in [0.25, 0.3) is 0 Å². The Labute approximate surface area is 126 Å². The predicted molar refractivity (Wildman–Crippen MR) is 83.5 cm³/mol. The molecule has 0 aromatic heterocycles. The van der Waals surface area contributed by atoms with Crippen LogP contribution in [0.3, 0.4) is 0 Å². The summed E-state index contributed by atoms with van der Waals surface area (Å²) in [5, 5.41) is 3.39. The monoisotopic (exact) mass is 289 g/mol. The SMILES string of the molecule is C=CCC(Nc1ccc(OC)cc1)(C(=O)OCC)C1CC1. The number of esters is 1. The normalized spacial score (nSPS) is 16.7. The van der Waals surface area contributed by atoms with E-state index in [0.717, 1.165) is 24.3 Å². The molecule has 0 bridgehead atoms. The second kappa shape index (κ2) is 6.66. The summed E-state index contributed by atoms with van der Waals surface area (Å²) in [6, 6.07) is 7.58. The Morgan fingerprint density at radius 2 is 2.10 bits per heavy atom. The fourth-order valence-corrected chi connectivity index (χ4v) is 2.62. The summed E-state index contributed by atoms with van der Waals surface area (Å²) in [5.41, 5.74) is 0.185. The van der Waals surface area contributed by atoms with Gasteiger partial charge in [0, 0.05) is 5.69 Å². The molecule has 1 aromatic rings. The molecule has 21 heavy (non-hydrogen) atoms. The molecule has 1 fully saturated rings. The molecule has 1 aliphatic carbocycles. The molecule has 114 valence electrons. The zero-order chi connectivity index (χ0) is 15.3. The van der Waals surface area contributed by atoms with E-state index in [4.69, 9.17) is 9.47 Å². The van der Waals surface area contributed by atoms with Crippen LogP contribution in [0, 0.1) is 5.92 Å². The second-order valence-corrected chi connectivity index (χ2v) is 5.31. The number of carbonyl (C=O) groups is 1. The molecule has 0 aliphatic heterocycles. The first kappa shape index (κ1) is 15.4. The van der Waals surface area contributed by atoms with Crippen molar-refractivity contribution in [3.63, 3.8) is 0 Å². The van der Waals surface area contributed by atoms with Gasteiger partial charge in [0.1, 0.15) is 11.3 Å². The predicted octanol–water partition coefficient (Wildman–Crippen LogP) is 3.40. The van der Waals surface area contributed by atoms with Crippen molar-refractivity contribution in [1.29, 1.82) is 0 Å². The van der Waals surface area contributed by atoms with E-state index in [1.54, 1.807) is 13.2 Å². The largest absolute Gasteiger partial charge is 0.497 e. The van der Waals surface area contributed by atoms with E-state index in [9.17, 15) is 4.79 Å². The van der Waals surface area contributed by atoms with Crippen LogP contribution in [-0.4, -0.2) is 25.2 Å². The first-order valence-electron chi connectivity index (χ1n) is 7.36. The molecule has 0 heterocycles. The molecule has 0 spiro atoms. The zero-order valence-corrected chi connectivity index (χ0v) is 12.7. The highest BCUT2D eigenvalue weighted by Gasteiger charge is 2.51. The molecule has 4 nitrogen and oxygen atoms in total. The Morgan fingerprint density at radius 3 is 2.57 bits per heavy atom. The van der Waals surface area contributed by atoms with Gasteiger partial charge in [-0.3, -0.25) is 0 Å². The molecule has 1 aliphatic rings. The summed E-state index contributed by atoms with van der Waals surface area (Å²) >= 11 is 0. The van der Waals surface area contributed by atoms with Gasteiger partial charge in [0.05, 0.1) is 13.7 Å². The van der Waals surface area contributed by atoms with Crippen LogP contribution in [0.25, 0.3) is 0 Å². The minimum absolute atomic E-state index is 0.191. The first-order chi connectivity index (χ1) is 10.2. The highest BCUT2D eigenvalue weighted by Crippen LogP contribution is 2.44. The molecular weight excluding hydrogens is 266 g/mol. The van der Waals surface area contributed by atoms with Gasteiger partial charge in [0.15, 0.2) is 0 Å². The molecule has 0 saturated heterocycles. The van der Waals surface area contributed by atoms with E-state index in [1.165, 1.54) is 0 Å². The molecule has 1 N–H and O–H groups in total. The van der Waals surface area contributed by atoms with Crippen molar-refractivity contribution >= 4 is 11.7 Å². The molecule has 1 aromatic carbocycles. The van der Waals surface area contributed by atoms with Gasteiger partial charge in [-0.05, 0) is 56.4 Å². The van der Waals surface area contributed by atoms with Crippen LogP contribution >= 0.6 is 0 Å². The number of ether oxygens (including phenoxy) is 2. The van der Waals surface area contributed by atoms with Crippen LogP contribution in [0.15, 0.2) is 36.9 Å². The average molecular weight is 289 g/mol. The fourth-order valence-electron chi connectivity index (χ4n) is 2.62. The number of carbonyl (C=O) groups excluding carboxylic acids is 1. The maximum absolute atomic E-state index is 12.5. The van der Waals surface area contributed by atoms with Crippen molar-refractivity contribution in [2.45, 2.75) is 31.7 Å². The van der Waals surface area contributed by atoms with E-state index in [0.29, 0.717) is 18.9 Å². The molecule has 1 unspecified atom stereocenters. The maximum Gasteiger partial charge on any atom is 0.332 e. The van der Waals surface area contributed by atoms with Gasteiger partial charge in [-0.25, -0.2) is 4.79 Å². The summed E-state index contributed by atoms with van der Waals surface area (Å²) in [6.45, 7) is 6.01. The Hall–Kier alpha value is -1.97. The number of rotatable bonds is 8. The highest BCUT2D eigenvalue weighted by atomic mass is 16.5. The molecule has 1 saturated carbocycles. The van der Waals surface area contributed by atoms with Crippen molar-refractivity contribution in [2.75, 3.05) is 19.0 Å². The first-order valence-corrected chi connectivity index (χ1v) is 7.36. The van der Waals surface area contributed by atoms with Gasteiger partial charge in [-0.2, -0.15) is 0 Å². The molecule has 2 rings (SSSR count). The van der Waals surface area contributed by atoms with E-state index in [2.05, 4.69) is 11.9 Å². The van der Waals surface area contributed by atoms with Crippen molar-refractivity contribution in [3.8, 4) is 5.75 Å². The van der Waals surface area contributed by atoms with E-state index >= 15 is 0 Å². The fraction of sp³-hybridized carbons (Fsp3) is 0.471. The summed E-state index contributed by atoms with van der Waals surface area (Å²) in [4.78, 5) is 12.5. The zero-order valence-electron chi connectivity index (χ0n) is 12.7. The van der Waals surface area contributed by atoms with Crippen molar-refractivity contribution in [3.05, 3.63) is 36.9 Å². The lowest BCUT2D eigenvalue weighted by Crippen LogP contribution is -2.49. The van der Waals surface area contributed by atoms with Crippen LogP contribution in [0.1, 0.15) is 26.2 Å². The number of nitrogens with one attached hydrogen (secondary N) is 1. The number of methoxy groups -OCH3 is 1. The maximum atomic E-state index is 12.5. The lowest BCUT2D eigenvalue weighted by atomic mass is 9.88. The average Bonchev–Trinajstić information content (AvgIpc) is 3.32. The lowest BCUT2D eigenvalue weighted by molar-refractivity contribution is -0.149. The topological polar surface area (TPSA) is 47.6 Å². The Bertz CT molecular complexity index is 493. The molecular formula is C17H23NO3. The molecule has 4 heteroatoms. The Morgan fingerprint density at radius 1 is 1.43 bits per heavy atom. The summed E-state index contributed by atoms with van der Waals surface area (Å²) in [6.07, 6.45) is 4.42. The number of anilines is 1. The minimum Gasteiger partial charge on any atom is -0.497 e. The van der Waals surface area contributed by atoms with Crippen molar-refractivity contribution in [2.24, 2.45) is 5.92 Å². The Balaban J connectivity index is 2.25. The number of hydrogen-bond acceptors (Lipinski definition) is 4. The van der Waals surface area contributed by atoms with Gasteiger partial charge in [-0.1, -0.05) is 6.08 Å². The number of benzene rings is 1. The van der Waals surface area contributed by atoms with Crippen LogP contribution in [-0.2, 0) is 9.53 Å². The van der Waals surface area contributed by atoms with Crippen LogP contribution < -0.4 is 10.1 Å². The van der Waals surface area contributed by atoms with Gasteiger partial charge in [0.2, 0.25) is 0 Å². The molecule has 0 radical (unpaired) electrons.